The molecule has 3 N–H and O–H groups in total. The monoisotopic (exact) mass is 641 g/mol. The molecular formula is C33H44ClN5O4S. The van der Waals surface area contributed by atoms with E-state index < -0.39 is 5.41 Å². The zero-order chi connectivity index (χ0) is 31.5. The van der Waals surface area contributed by atoms with E-state index in [1.165, 1.54) is 0 Å². The van der Waals surface area contributed by atoms with Gasteiger partial charge in [-0.1, -0.05) is 18.6 Å². The highest BCUT2D eigenvalue weighted by atomic mass is 35.5. The van der Waals surface area contributed by atoms with Crippen LogP contribution in [0.3, 0.4) is 0 Å². The summed E-state index contributed by atoms with van der Waals surface area (Å²) in [4.78, 5) is 52.2. The molecule has 4 rings (SSSR count). The van der Waals surface area contributed by atoms with Crippen molar-refractivity contribution in [1.82, 2.24) is 20.5 Å². The molecule has 0 unspecified atom stereocenters. The molecule has 3 aromatic rings. The lowest BCUT2D eigenvalue weighted by molar-refractivity contribution is -0.119. The molecule has 11 heteroatoms. The van der Waals surface area contributed by atoms with E-state index >= 15 is 0 Å². The third-order valence-electron chi connectivity index (χ3n) is 8.50. The van der Waals surface area contributed by atoms with Crippen LogP contribution in [-0.2, 0) is 20.9 Å². The Labute approximate surface area is 268 Å². The minimum Gasteiger partial charge on any atom is -0.355 e. The number of fused-ring (bicyclic) bond motifs is 1. The molecule has 1 aliphatic rings. The fourth-order valence-electron chi connectivity index (χ4n) is 5.95. The summed E-state index contributed by atoms with van der Waals surface area (Å²) in [5.41, 5.74) is 2.86. The fraction of sp³-hybridized carbons (Fsp3) is 0.515. The number of hydrogen-bond acceptors (Lipinski definition) is 6. The number of unbranched alkanes of at least 4 members (excludes halogenated alkanes) is 2. The van der Waals surface area contributed by atoms with Gasteiger partial charge in [0, 0.05) is 36.8 Å². The predicted molar refractivity (Wildman–Crippen MR) is 178 cm³/mol. The quantitative estimate of drug-likeness (QED) is 0.115. The minimum absolute atomic E-state index is 0.0140. The third kappa shape index (κ3) is 8.70. The average Bonchev–Trinajstić information content (AvgIpc) is 3.62. The van der Waals surface area contributed by atoms with Crippen molar-refractivity contribution < 1.29 is 19.2 Å². The van der Waals surface area contributed by atoms with Gasteiger partial charge in [0.1, 0.15) is 24.4 Å². The van der Waals surface area contributed by atoms with Crippen molar-refractivity contribution in [3.05, 3.63) is 53.0 Å². The number of alkyl halides is 1. The molecule has 44 heavy (non-hydrogen) atoms. The van der Waals surface area contributed by atoms with Crippen molar-refractivity contribution in [2.45, 2.75) is 71.4 Å². The molecule has 1 aromatic carbocycles. The van der Waals surface area contributed by atoms with Crippen LogP contribution in [0.25, 0.3) is 10.2 Å². The van der Waals surface area contributed by atoms with Crippen molar-refractivity contribution >= 4 is 62.8 Å². The smallest absolute Gasteiger partial charge is 0.268 e. The van der Waals surface area contributed by atoms with Gasteiger partial charge in [-0.3, -0.25) is 14.4 Å². The highest BCUT2D eigenvalue weighted by molar-refractivity contribution is 7.17. The molecule has 0 spiro atoms. The Kier molecular flexibility index (Phi) is 12.4. The van der Waals surface area contributed by atoms with Gasteiger partial charge in [-0.25, -0.2) is 0 Å². The number of thiophene rings is 1. The van der Waals surface area contributed by atoms with Gasteiger partial charge in [0.05, 0.1) is 10.2 Å². The first kappa shape index (κ1) is 33.7. The number of nitrogens with one attached hydrogen (secondary N) is 3. The summed E-state index contributed by atoms with van der Waals surface area (Å²) in [6.07, 6.45) is 6.76. The molecule has 0 bridgehead atoms. The number of hydrogen-bond donors (Lipinski definition) is 3. The second kappa shape index (κ2) is 16.2. The van der Waals surface area contributed by atoms with Crippen LogP contribution in [0.4, 0.5) is 5.69 Å². The topological polar surface area (TPSA) is 113 Å². The maximum Gasteiger partial charge on any atom is 0.268 e. The van der Waals surface area contributed by atoms with Crippen molar-refractivity contribution in [2.75, 3.05) is 37.0 Å². The van der Waals surface area contributed by atoms with E-state index in [9.17, 15) is 19.2 Å². The lowest BCUT2D eigenvalue weighted by Crippen LogP contribution is -2.45. The van der Waals surface area contributed by atoms with Crippen LogP contribution in [0.5, 0.6) is 0 Å². The molecule has 0 radical (unpaired) electrons. The predicted octanol–water partition coefficient (Wildman–Crippen LogP) is 5.04. The first-order valence-electron chi connectivity index (χ1n) is 15.5. The molecule has 0 atom stereocenters. The van der Waals surface area contributed by atoms with E-state index in [0.717, 1.165) is 66.4 Å². The van der Waals surface area contributed by atoms with Gasteiger partial charge >= 0.3 is 0 Å². The number of carbonyl (C=O) groups is 4. The molecule has 2 aromatic heterocycles. The molecule has 0 saturated heterocycles. The number of rotatable bonds is 16. The molecule has 1 aliphatic carbocycles. The number of carbonyl (C=O) groups excluding carboxylic acids is 4. The van der Waals surface area contributed by atoms with Crippen LogP contribution in [0.2, 0.25) is 0 Å². The van der Waals surface area contributed by atoms with Crippen LogP contribution in [-0.4, -0.2) is 66.7 Å². The van der Waals surface area contributed by atoms with Crippen LogP contribution in [0.1, 0.15) is 67.9 Å². The van der Waals surface area contributed by atoms with Gasteiger partial charge in [0.15, 0.2) is 0 Å². The first-order chi connectivity index (χ1) is 21.3. The Bertz CT molecular complexity index is 1430. The summed E-state index contributed by atoms with van der Waals surface area (Å²) >= 11 is 7.03. The second-order valence-corrected chi connectivity index (χ2v) is 12.9. The van der Waals surface area contributed by atoms with E-state index in [1.54, 1.807) is 16.2 Å². The van der Waals surface area contributed by atoms with Crippen LogP contribution >= 0.6 is 22.9 Å². The summed E-state index contributed by atoms with van der Waals surface area (Å²) in [5, 5.41) is 11.4. The summed E-state index contributed by atoms with van der Waals surface area (Å²) < 4.78 is 2.80. The van der Waals surface area contributed by atoms with Gasteiger partial charge in [0.25, 0.3) is 5.91 Å². The van der Waals surface area contributed by atoms with Crippen LogP contribution < -0.4 is 20.9 Å². The van der Waals surface area contributed by atoms with Gasteiger partial charge in [-0.2, -0.15) is 0 Å². The fourth-order valence-corrected chi connectivity index (χ4v) is 6.87. The largest absolute Gasteiger partial charge is 0.355 e. The van der Waals surface area contributed by atoms with E-state index in [2.05, 4.69) is 16.0 Å². The van der Waals surface area contributed by atoms with Gasteiger partial charge in [0.2, 0.25) is 11.8 Å². The number of aryl methyl sites for hydroxylation is 1. The average molecular weight is 642 g/mol. The number of amides is 3. The zero-order valence-electron chi connectivity index (χ0n) is 25.7. The molecule has 0 aliphatic heterocycles. The van der Waals surface area contributed by atoms with E-state index in [1.807, 2.05) is 60.2 Å². The van der Waals surface area contributed by atoms with E-state index in [0.29, 0.717) is 38.2 Å². The lowest BCUT2D eigenvalue weighted by atomic mass is 9.73. The Hall–Kier alpha value is -3.21. The van der Waals surface area contributed by atoms with Crippen molar-refractivity contribution in [3.63, 3.8) is 0 Å². The van der Waals surface area contributed by atoms with Crippen molar-refractivity contribution in [1.29, 1.82) is 0 Å². The van der Waals surface area contributed by atoms with Crippen molar-refractivity contribution in [3.8, 4) is 0 Å². The minimum atomic E-state index is -0.426. The number of nitrogens with zero attached hydrogens (tertiary/aromatic N) is 2. The number of benzene rings is 1. The molecule has 1 fully saturated rings. The van der Waals surface area contributed by atoms with E-state index in [4.69, 9.17) is 11.6 Å². The number of anilines is 1. The molecule has 9 nitrogen and oxygen atoms in total. The maximum absolute atomic E-state index is 13.6. The first-order valence-corrected chi connectivity index (χ1v) is 16.9. The number of likely N-dealkylation sites (N-methyl/N-ethyl adjacent to an activating group) is 1. The molecular weight excluding hydrogens is 598 g/mol. The van der Waals surface area contributed by atoms with E-state index in [-0.39, 0.29) is 36.2 Å². The molecule has 238 valence electrons. The summed E-state index contributed by atoms with van der Waals surface area (Å²) in [6, 6.07) is 11.7. The summed E-state index contributed by atoms with van der Waals surface area (Å²) in [7, 11) is 0. The number of halogens is 1. The van der Waals surface area contributed by atoms with Gasteiger partial charge < -0.3 is 30.2 Å². The Morgan fingerprint density at radius 2 is 1.89 bits per heavy atom. The van der Waals surface area contributed by atoms with Crippen LogP contribution in [0.15, 0.2) is 41.8 Å². The zero-order valence-corrected chi connectivity index (χ0v) is 27.3. The SMILES string of the molecule is CCN(C(=O)Cn1c(C(=O)NC2CCC(C=O)(CNCCCCCNC(=O)CCl)CC2)cc2sccc21)c1cccc(C)c1. The molecule has 2 heterocycles. The maximum atomic E-state index is 13.6. The summed E-state index contributed by atoms with van der Waals surface area (Å²) in [6.45, 7) is 6.61. The molecule has 1 saturated carbocycles. The van der Waals surface area contributed by atoms with Gasteiger partial charge in [-0.15, -0.1) is 22.9 Å². The standard InChI is InChI=1S/C33H44ClN5O4S/c1-3-38(26-9-7-8-24(2)18-26)31(42)21-39-27-12-17-44-29(27)19-28(39)32(43)37-25-10-13-33(23-40,14-11-25)22-35-15-5-4-6-16-36-30(41)20-34/h7-9,12,17-19,23,25,35H,3-6,10-11,13-16,20-22H2,1-2H3,(H,36,41)(H,37,43). The Morgan fingerprint density at radius 3 is 2.59 bits per heavy atom. The Balaban J connectivity index is 1.30. The Morgan fingerprint density at radius 1 is 1.11 bits per heavy atom. The number of aromatic nitrogens is 1. The number of aldehydes is 1. The third-order valence-corrected chi connectivity index (χ3v) is 9.59. The normalized spacial score (nSPS) is 18.2. The summed E-state index contributed by atoms with van der Waals surface area (Å²) in [5.74, 6) is -0.427. The lowest BCUT2D eigenvalue weighted by Gasteiger charge is -2.36. The van der Waals surface area contributed by atoms with Crippen molar-refractivity contribution in [2.24, 2.45) is 5.41 Å². The second-order valence-electron chi connectivity index (χ2n) is 11.7. The van der Waals surface area contributed by atoms with Crippen LogP contribution in [0, 0.1) is 12.3 Å². The molecule has 3 amide bonds. The highest BCUT2D eigenvalue weighted by Gasteiger charge is 2.35. The highest BCUT2D eigenvalue weighted by Crippen LogP contribution is 2.34. The van der Waals surface area contributed by atoms with Gasteiger partial charge in [-0.05, 0) is 94.1 Å².